The van der Waals surface area contributed by atoms with E-state index in [1.807, 2.05) is 37.3 Å². The third kappa shape index (κ3) is 3.21. The molecule has 126 valence electrons. The summed E-state index contributed by atoms with van der Waals surface area (Å²) in [6, 6.07) is 15.2. The summed E-state index contributed by atoms with van der Waals surface area (Å²) < 4.78 is 11.0. The van der Waals surface area contributed by atoms with Crippen molar-refractivity contribution >= 4 is 22.9 Å². The monoisotopic (exact) mass is 352 g/mol. The lowest BCUT2D eigenvalue weighted by atomic mass is 10.2. The Morgan fingerprint density at radius 3 is 2.64 bits per heavy atom. The zero-order chi connectivity index (χ0) is 17.2. The van der Waals surface area contributed by atoms with Crippen molar-refractivity contribution in [2.24, 2.45) is 0 Å². The lowest BCUT2D eigenvalue weighted by Crippen LogP contribution is -2.16. The summed E-state index contributed by atoms with van der Waals surface area (Å²) in [6.07, 6.45) is 0. The predicted octanol–water partition coefficient (Wildman–Crippen LogP) is 4.14. The number of benzene rings is 2. The molecule has 0 bridgehead atoms. The Morgan fingerprint density at radius 2 is 1.84 bits per heavy atom. The molecule has 2 heterocycles. The Balaban J connectivity index is 1.56. The topological polar surface area (TPSA) is 60.5 Å². The molecule has 0 aliphatic carbocycles. The standard InChI is InChI=1S/C19H16N2O3S/c1-12-17(25-19(20-12)13-5-3-2-4-6-13)18(22)21-14-7-8-15-16(11-14)24-10-9-23-15/h2-8,11H,9-10H2,1H3,(H,21,22). The minimum absolute atomic E-state index is 0.172. The molecule has 0 spiro atoms. The summed E-state index contributed by atoms with van der Waals surface area (Å²) in [7, 11) is 0. The van der Waals surface area contributed by atoms with E-state index in [0.29, 0.717) is 35.3 Å². The van der Waals surface area contributed by atoms with Crippen LogP contribution in [0.5, 0.6) is 11.5 Å². The molecule has 0 unspecified atom stereocenters. The molecule has 0 radical (unpaired) electrons. The third-order valence-electron chi connectivity index (χ3n) is 3.82. The van der Waals surface area contributed by atoms with Crippen molar-refractivity contribution in [2.75, 3.05) is 18.5 Å². The first kappa shape index (κ1) is 15.7. The fourth-order valence-electron chi connectivity index (χ4n) is 2.62. The van der Waals surface area contributed by atoms with Crippen LogP contribution < -0.4 is 14.8 Å². The van der Waals surface area contributed by atoms with Crippen molar-refractivity contribution < 1.29 is 14.3 Å². The highest BCUT2D eigenvalue weighted by molar-refractivity contribution is 7.17. The van der Waals surface area contributed by atoms with Gasteiger partial charge in [0.2, 0.25) is 0 Å². The zero-order valence-corrected chi connectivity index (χ0v) is 14.4. The first-order valence-corrected chi connectivity index (χ1v) is 8.76. The molecule has 1 aliphatic heterocycles. The van der Waals surface area contributed by atoms with Crippen molar-refractivity contribution in [3.05, 3.63) is 59.1 Å². The normalized spacial score (nSPS) is 12.7. The van der Waals surface area contributed by atoms with E-state index in [9.17, 15) is 4.79 Å². The second-order valence-electron chi connectivity index (χ2n) is 5.61. The number of carbonyl (C=O) groups excluding carboxylic acids is 1. The smallest absolute Gasteiger partial charge is 0.267 e. The van der Waals surface area contributed by atoms with Crippen molar-refractivity contribution in [2.45, 2.75) is 6.92 Å². The largest absolute Gasteiger partial charge is 0.486 e. The van der Waals surface area contributed by atoms with Crippen LogP contribution in [0.15, 0.2) is 48.5 Å². The maximum atomic E-state index is 12.6. The molecule has 3 aromatic rings. The van der Waals surface area contributed by atoms with E-state index < -0.39 is 0 Å². The Kier molecular flexibility index (Phi) is 4.11. The molecule has 2 aromatic carbocycles. The van der Waals surface area contributed by atoms with Gasteiger partial charge < -0.3 is 14.8 Å². The van der Waals surface area contributed by atoms with Crippen LogP contribution in [-0.2, 0) is 0 Å². The van der Waals surface area contributed by atoms with Gasteiger partial charge in [-0.3, -0.25) is 4.79 Å². The molecule has 5 nitrogen and oxygen atoms in total. The second-order valence-corrected chi connectivity index (χ2v) is 6.61. The molecule has 1 aliphatic rings. The quantitative estimate of drug-likeness (QED) is 0.769. The number of aromatic nitrogens is 1. The molecular formula is C19H16N2O3S. The minimum Gasteiger partial charge on any atom is -0.486 e. The molecule has 0 fully saturated rings. The average Bonchev–Trinajstić information content (AvgIpc) is 3.04. The van der Waals surface area contributed by atoms with Gasteiger partial charge in [0.05, 0.1) is 5.69 Å². The van der Waals surface area contributed by atoms with E-state index in [2.05, 4.69) is 10.3 Å². The SMILES string of the molecule is Cc1nc(-c2ccccc2)sc1C(=O)Nc1ccc2c(c1)OCCO2. The van der Waals surface area contributed by atoms with Gasteiger partial charge in [0.1, 0.15) is 23.1 Å². The maximum absolute atomic E-state index is 12.6. The highest BCUT2D eigenvalue weighted by Gasteiger charge is 2.18. The lowest BCUT2D eigenvalue weighted by molar-refractivity contribution is 0.102. The fraction of sp³-hybridized carbons (Fsp3) is 0.158. The van der Waals surface area contributed by atoms with Gasteiger partial charge in [0.25, 0.3) is 5.91 Å². The number of ether oxygens (including phenoxy) is 2. The molecule has 0 saturated heterocycles. The second kappa shape index (κ2) is 6.57. The molecule has 6 heteroatoms. The molecule has 0 saturated carbocycles. The number of hydrogen-bond acceptors (Lipinski definition) is 5. The van der Waals surface area contributed by atoms with E-state index in [0.717, 1.165) is 16.3 Å². The number of thiazole rings is 1. The molecule has 0 atom stereocenters. The first-order chi connectivity index (χ1) is 12.2. The van der Waals surface area contributed by atoms with Crippen LogP contribution in [0.4, 0.5) is 5.69 Å². The number of hydrogen-bond donors (Lipinski definition) is 1. The summed E-state index contributed by atoms with van der Waals surface area (Å²) in [5.74, 6) is 1.17. The van der Waals surface area contributed by atoms with E-state index in [1.54, 1.807) is 18.2 Å². The van der Waals surface area contributed by atoms with E-state index in [4.69, 9.17) is 9.47 Å². The summed E-state index contributed by atoms with van der Waals surface area (Å²) in [4.78, 5) is 17.8. The zero-order valence-electron chi connectivity index (χ0n) is 13.6. The van der Waals surface area contributed by atoms with Crippen LogP contribution in [0.25, 0.3) is 10.6 Å². The van der Waals surface area contributed by atoms with Crippen molar-refractivity contribution in [3.63, 3.8) is 0 Å². The third-order valence-corrected chi connectivity index (χ3v) is 5.03. The number of nitrogens with one attached hydrogen (secondary N) is 1. The number of amides is 1. The van der Waals surface area contributed by atoms with Crippen LogP contribution in [-0.4, -0.2) is 24.1 Å². The molecule has 1 aromatic heterocycles. The van der Waals surface area contributed by atoms with Crippen molar-refractivity contribution in [1.82, 2.24) is 4.98 Å². The molecular weight excluding hydrogens is 336 g/mol. The molecule has 25 heavy (non-hydrogen) atoms. The summed E-state index contributed by atoms with van der Waals surface area (Å²) in [6.45, 7) is 2.90. The number of anilines is 1. The van der Waals surface area contributed by atoms with Crippen LogP contribution in [0.1, 0.15) is 15.4 Å². The molecule has 1 amide bonds. The van der Waals surface area contributed by atoms with Crippen LogP contribution in [0, 0.1) is 6.92 Å². The van der Waals surface area contributed by atoms with Gasteiger partial charge in [-0.15, -0.1) is 11.3 Å². The van der Waals surface area contributed by atoms with Gasteiger partial charge in [0.15, 0.2) is 11.5 Å². The number of nitrogens with zero attached hydrogens (tertiary/aromatic N) is 1. The van der Waals surface area contributed by atoms with Crippen LogP contribution in [0.2, 0.25) is 0 Å². The van der Waals surface area contributed by atoms with Crippen molar-refractivity contribution in [3.8, 4) is 22.1 Å². The fourth-order valence-corrected chi connectivity index (χ4v) is 3.59. The van der Waals surface area contributed by atoms with Gasteiger partial charge in [-0.25, -0.2) is 4.98 Å². The summed E-state index contributed by atoms with van der Waals surface area (Å²) >= 11 is 1.39. The Hall–Kier alpha value is -2.86. The predicted molar refractivity (Wildman–Crippen MR) is 97.7 cm³/mol. The van der Waals surface area contributed by atoms with E-state index in [1.165, 1.54) is 11.3 Å². The number of aryl methyl sites for hydroxylation is 1. The van der Waals surface area contributed by atoms with Gasteiger partial charge in [0, 0.05) is 17.3 Å². The highest BCUT2D eigenvalue weighted by atomic mass is 32.1. The van der Waals surface area contributed by atoms with Gasteiger partial charge in [-0.2, -0.15) is 0 Å². The number of fused-ring (bicyclic) bond motifs is 1. The van der Waals surface area contributed by atoms with Gasteiger partial charge in [-0.05, 0) is 19.1 Å². The van der Waals surface area contributed by atoms with Crippen molar-refractivity contribution in [1.29, 1.82) is 0 Å². The Morgan fingerprint density at radius 1 is 1.08 bits per heavy atom. The van der Waals surface area contributed by atoms with Gasteiger partial charge >= 0.3 is 0 Å². The van der Waals surface area contributed by atoms with E-state index >= 15 is 0 Å². The lowest BCUT2D eigenvalue weighted by Gasteiger charge is -2.18. The maximum Gasteiger partial charge on any atom is 0.267 e. The highest BCUT2D eigenvalue weighted by Crippen LogP contribution is 2.33. The van der Waals surface area contributed by atoms with Crippen LogP contribution in [0.3, 0.4) is 0 Å². The summed E-state index contributed by atoms with van der Waals surface area (Å²) in [5, 5.41) is 3.75. The van der Waals surface area contributed by atoms with Gasteiger partial charge in [-0.1, -0.05) is 30.3 Å². The first-order valence-electron chi connectivity index (χ1n) is 7.94. The number of rotatable bonds is 3. The molecule has 4 rings (SSSR count). The number of carbonyl (C=O) groups is 1. The minimum atomic E-state index is -0.172. The Bertz CT molecular complexity index is 922. The van der Waals surface area contributed by atoms with E-state index in [-0.39, 0.29) is 5.91 Å². The average molecular weight is 352 g/mol. The Labute approximate surface area is 149 Å². The summed E-state index contributed by atoms with van der Waals surface area (Å²) in [5.41, 5.74) is 2.40. The van der Waals surface area contributed by atoms with Crippen LogP contribution >= 0.6 is 11.3 Å². The molecule has 1 N–H and O–H groups in total.